The first kappa shape index (κ1) is 18.6. The Bertz CT molecular complexity index is 930. The van der Waals surface area contributed by atoms with Crippen molar-refractivity contribution in [1.29, 1.82) is 0 Å². The predicted octanol–water partition coefficient (Wildman–Crippen LogP) is 1.05. The van der Waals surface area contributed by atoms with Crippen LogP contribution in [0.4, 0.5) is 0 Å². The molecule has 29 heavy (non-hydrogen) atoms. The number of H-pyrrole nitrogens is 1. The molecule has 8 nitrogen and oxygen atoms in total. The van der Waals surface area contributed by atoms with Gasteiger partial charge in [0.1, 0.15) is 5.69 Å². The molecule has 0 aromatic carbocycles. The topological polar surface area (TPSA) is 83.5 Å². The average molecular weight is 397 g/mol. The number of carbonyl (C=O) groups excluding carboxylic acids is 1. The summed E-state index contributed by atoms with van der Waals surface area (Å²) in [7, 11) is 0. The largest absolute Gasteiger partial charge is 0.380 e. The quantitative estimate of drug-likeness (QED) is 0.837. The van der Waals surface area contributed by atoms with Crippen molar-refractivity contribution in [2.75, 3.05) is 39.4 Å². The van der Waals surface area contributed by atoms with Crippen LogP contribution in [0.1, 0.15) is 40.5 Å². The molecule has 0 spiro atoms. The minimum atomic E-state index is -0.00648. The number of piperidine rings is 1. The lowest BCUT2D eigenvalue weighted by Crippen LogP contribution is -2.49. The maximum absolute atomic E-state index is 13.2. The molecule has 5 rings (SSSR count). The maximum Gasteiger partial charge on any atom is 0.271 e. The zero-order valence-corrected chi connectivity index (χ0v) is 16.5. The number of amides is 1. The molecule has 1 amide bonds. The Kier molecular flexibility index (Phi) is 4.97. The van der Waals surface area contributed by atoms with Gasteiger partial charge in [0, 0.05) is 69.2 Å². The van der Waals surface area contributed by atoms with Crippen molar-refractivity contribution in [2.45, 2.75) is 31.8 Å². The number of rotatable bonds is 3. The van der Waals surface area contributed by atoms with Crippen molar-refractivity contribution in [2.24, 2.45) is 5.92 Å². The van der Waals surface area contributed by atoms with E-state index in [1.54, 1.807) is 12.3 Å². The molecule has 3 aliphatic rings. The van der Waals surface area contributed by atoms with Gasteiger partial charge in [-0.1, -0.05) is 6.07 Å². The number of carbonyl (C=O) groups is 1. The molecule has 5 heterocycles. The highest BCUT2D eigenvalue weighted by molar-refractivity contribution is 5.92. The third-order valence-electron chi connectivity index (χ3n) is 6.41. The Morgan fingerprint density at radius 1 is 1.17 bits per heavy atom. The minimum absolute atomic E-state index is 0.00648. The van der Waals surface area contributed by atoms with Crippen LogP contribution < -0.4 is 5.56 Å². The summed E-state index contributed by atoms with van der Waals surface area (Å²) in [5, 5.41) is 6.66. The summed E-state index contributed by atoms with van der Waals surface area (Å²) in [4.78, 5) is 30.2. The molecule has 0 radical (unpaired) electrons. The smallest absolute Gasteiger partial charge is 0.271 e. The van der Waals surface area contributed by atoms with Gasteiger partial charge in [-0.15, -0.1) is 0 Å². The molecule has 0 unspecified atom stereocenters. The molecule has 2 atom stereocenters. The number of aromatic amines is 1. The summed E-state index contributed by atoms with van der Waals surface area (Å²) >= 11 is 0. The van der Waals surface area contributed by atoms with Gasteiger partial charge in [-0.25, -0.2) is 0 Å². The number of hydrogen-bond donors (Lipinski definition) is 1. The van der Waals surface area contributed by atoms with Gasteiger partial charge in [0.15, 0.2) is 0 Å². The van der Waals surface area contributed by atoms with Gasteiger partial charge in [-0.05, 0) is 30.9 Å². The molecule has 2 fully saturated rings. The van der Waals surface area contributed by atoms with Crippen molar-refractivity contribution < 1.29 is 9.53 Å². The van der Waals surface area contributed by atoms with E-state index >= 15 is 0 Å². The molecular formula is C21H27N5O3. The monoisotopic (exact) mass is 397 g/mol. The molecule has 8 heteroatoms. The van der Waals surface area contributed by atoms with Gasteiger partial charge in [-0.3, -0.25) is 19.6 Å². The average Bonchev–Trinajstić information content (AvgIpc) is 3.15. The Labute approximate surface area is 169 Å². The molecular weight excluding hydrogens is 370 g/mol. The summed E-state index contributed by atoms with van der Waals surface area (Å²) in [5.74, 6) is 0.517. The highest BCUT2D eigenvalue weighted by atomic mass is 16.5. The molecule has 2 aromatic rings. The van der Waals surface area contributed by atoms with Crippen LogP contribution in [-0.4, -0.2) is 69.9 Å². The van der Waals surface area contributed by atoms with E-state index in [2.05, 4.69) is 21.2 Å². The third kappa shape index (κ3) is 3.62. The van der Waals surface area contributed by atoms with Crippen molar-refractivity contribution in [3.63, 3.8) is 0 Å². The lowest BCUT2D eigenvalue weighted by Gasteiger charge is -2.42. The van der Waals surface area contributed by atoms with Crippen LogP contribution in [0.2, 0.25) is 0 Å². The van der Waals surface area contributed by atoms with E-state index in [9.17, 15) is 9.59 Å². The van der Waals surface area contributed by atoms with Crippen molar-refractivity contribution >= 4 is 5.91 Å². The van der Waals surface area contributed by atoms with Crippen LogP contribution in [0.15, 0.2) is 29.2 Å². The van der Waals surface area contributed by atoms with E-state index in [-0.39, 0.29) is 17.4 Å². The Morgan fingerprint density at radius 2 is 2.10 bits per heavy atom. The lowest BCUT2D eigenvalue weighted by molar-refractivity contribution is 0.0588. The second kappa shape index (κ2) is 7.76. The first-order valence-electron chi connectivity index (χ1n) is 10.5. The fourth-order valence-corrected chi connectivity index (χ4v) is 5.02. The normalized spacial score (nSPS) is 24.8. The van der Waals surface area contributed by atoms with E-state index < -0.39 is 0 Å². The zero-order chi connectivity index (χ0) is 19.8. The van der Waals surface area contributed by atoms with Crippen LogP contribution in [0.3, 0.4) is 0 Å². The van der Waals surface area contributed by atoms with E-state index in [1.807, 2.05) is 15.5 Å². The fourth-order valence-electron chi connectivity index (χ4n) is 5.02. The number of ether oxygens (including phenoxy) is 1. The van der Waals surface area contributed by atoms with Crippen LogP contribution in [0, 0.1) is 5.92 Å². The van der Waals surface area contributed by atoms with Gasteiger partial charge in [-0.2, -0.15) is 5.10 Å². The minimum Gasteiger partial charge on any atom is -0.380 e. The van der Waals surface area contributed by atoms with Crippen molar-refractivity contribution in [3.05, 3.63) is 51.7 Å². The van der Waals surface area contributed by atoms with Crippen molar-refractivity contribution in [3.8, 4) is 0 Å². The van der Waals surface area contributed by atoms with Crippen molar-refractivity contribution in [1.82, 2.24) is 24.6 Å². The van der Waals surface area contributed by atoms with Crippen LogP contribution in [-0.2, 0) is 17.8 Å². The summed E-state index contributed by atoms with van der Waals surface area (Å²) < 4.78 is 7.50. The summed E-state index contributed by atoms with van der Waals surface area (Å²) in [6, 6.07) is 5.82. The first-order chi connectivity index (χ1) is 14.2. The number of likely N-dealkylation sites (tertiary alicyclic amines) is 1. The molecule has 3 aliphatic heterocycles. The molecule has 154 valence electrons. The number of hydrogen-bond acceptors (Lipinski definition) is 5. The Balaban J connectivity index is 1.36. The van der Waals surface area contributed by atoms with E-state index in [0.29, 0.717) is 37.8 Å². The number of pyridine rings is 1. The predicted molar refractivity (Wildman–Crippen MR) is 107 cm³/mol. The number of fused-ring (bicyclic) bond motifs is 4. The molecule has 0 aliphatic carbocycles. The van der Waals surface area contributed by atoms with E-state index in [4.69, 9.17) is 4.74 Å². The van der Waals surface area contributed by atoms with Crippen LogP contribution in [0.25, 0.3) is 0 Å². The van der Waals surface area contributed by atoms with E-state index in [1.165, 1.54) is 0 Å². The molecule has 0 saturated carbocycles. The maximum atomic E-state index is 13.2. The summed E-state index contributed by atoms with van der Waals surface area (Å²) in [6.45, 7) is 6.09. The highest BCUT2D eigenvalue weighted by Crippen LogP contribution is 2.35. The molecule has 2 bridgehead atoms. The zero-order valence-electron chi connectivity index (χ0n) is 16.5. The van der Waals surface area contributed by atoms with Gasteiger partial charge in [0.25, 0.3) is 11.5 Å². The SMILES string of the molecule is O=C(c1ccn[nH]1)N1C[C@@H]2C[C@H](C1)c1ccc(CN3CCCOCC3)c(=O)n1C2. The Morgan fingerprint density at radius 3 is 2.97 bits per heavy atom. The first-order valence-corrected chi connectivity index (χ1v) is 10.5. The summed E-state index contributed by atoms with van der Waals surface area (Å²) in [6.07, 6.45) is 3.65. The van der Waals surface area contributed by atoms with Gasteiger partial charge in [0.2, 0.25) is 0 Å². The second-order valence-corrected chi connectivity index (χ2v) is 8.42. The second-order valence-electron chi connectivity index (χ2n) is 8.42. The van der Waals surface area contributed by atoms with Crippen LogP contribution >= 0.6 is 0 Å². The number of nitrogens with one attached hydrogen (secondary N) is 1. The number of aromatic nitrogens is 3. The highest BCUT2D eigenvalue weighted by Gasteiger charge is 2.37. The molecule has 2 aromatic heterocycles. The summed E-state index contributed by atoms with van der Waals surface area (Å²) in [5.41, 5.74) is 2.59. The molecule has 1 N–H and O–H groups in total. The lowest BCUT2D eigenvalue weighted by atomic mass is 9.83. The number of nitrogens with zero attached hydrogens (tertiary/aromatic N) is 4. The van der Waals surface area contributed by atoms with Gasteiger partial charge in [0.05, 0.1) is 6.61 Å². The Hall–Kier alpha value is -2.45. The standard InChI is InChI=1S/C21H27N5O3/c27-20-16(13-24-6-1-8-29-9-7-24)2-3-19-17-10-15(12-26(19)20)11-25(14-17)21(28)18-4-5-22-23-18/h2-5,15,17H,1,6-14H2,(H,22,23)/t15-,17+/m0/s1. The van der Waals surface area contributed by atoms with Gasteiger partial charge < -0.3 is 14.2 Å². The fraction of sp³-hybridized carbons (Fsp3) is 0.571. The molecule has 2 saturated heterocycles. The van der Waals surface area contributed by atoms with Crippen LogP contribution in [0.5, 0.6) is 0 Å². The third-order valence-corrected chi connectivity index (χ3v) is 6.41. The van der Waals surface area contributed by atoms with Gasteiger partial charge >= 0.3 is 0 Å². The van der Waals surface area contributed by atoms with E-state index in [0.717, 1.165) is 50.4 Å².